The van der Waals surface area contributed by atoms with Crippen molar-refractivity contribution >= 4 is 62.5 Å². The average molecular weight is 431 g/mol. The fraction of sp³-hybridized carbons (Fsp3) is 0.143. The SMILES string of the molecule is S=C1CN=C(c2ccccc2Cl)c2cc(CCc3ccc(Cl)cc3)sc2N1. The number of halogens is 2. The zero-order valence-electron chi connectivity index (χ0n) is 14.3. The summed E-state index contributed by atoms with van der Waals surface area (Å²) in [6, 6.07) is 18.0. The number of nitrogens with zero attached hydrogens (tertiary/aromatic N) is 1. The van der Waals surface area contributed by atoms with Gasteiger partial charge in [0.2, 0.25) is 0 Å². The first kappa shape index (κ1) is 18.6. The second-order valence-corrected chi connectivity index (χ2v) is 8.75. The van der Waals surface area contributed by atoms with Crippen molar-refractivity contribution in [2.75, 3.05) is 11.9 Å². The van der Waals surface area contributed by atoms with Crippen LogP contribution < -0.4 is 5.32 Å². The van der Waals surface area contributed by atoms with E-state index in [1.807, 2.05) is 36.4 Å². The molecule has 1 aromatic heterocycles. The molecule has 27 heavy (non-hydrogen) atoms. The molecule has 0 saturated heterocycles. The quantitative estimate of drug-likeness (QED) is 0.482. The van der Waals surface area contributed by atoms with Gasteiger partial charge >= 0.3 is 0 Å². The van der Waals surface area contributed by atoms with Gasteiger partial charge in [0.15, 0.2) is 0 Å². The normalized spacial score (nSPS) is 13.6. The van der Waals surface area contributed by atoms with Crippen molar-refractivity contribution in [2.24, 2.45) is 4.99 Å². The predicted octanol–water partition coefficient (Wildman–Crippen LogP) is 6.43. The molecule has 0 fully saturated rings. The number of rotatable bonds is 4. The Hall–Kier alpha value is -1.72. The summed E-state index contributed by atoms with van der Waals surface area (Å²) in [4.78, 5) is 6.75. The standard InChI is InChI=1S/C21H16Cl2N2S2/c22-14-8-5-13(6-9-14)7-10-15-11-17-20(16-3-1-2-4-18(16)23)24-12-19(26)25-21(17)27-15/h1-6,8-9,11H,7,10,12H2,(H,25,26). The number of fused-ring (bicyclic) bond motifs is 1. The van der Waals surface area contributed by atoms with Crippen LogP contribution in [0.5, 0.6) is 0 Å². The van der Waals surface area contributed by atoms with Crippen LogP contribution >= 0.6 is 46.8 Å². The molecule has 6 heteroatoms. The molecule has 2 heterocycles. The van der Waals surface area contributed by atoms with Gasteiger partial charge in [-0.15, -0.1) is 11.3 Å². The number of aryl methyl sites for hydroxylation is 2. The van der Waals surface area contributed by atoms with Gasteiger partial charge in [-0.1, -0.05) is 65.8 Å². The molecule has 2 aromatic carbocycles. The number of benzene rings is 2. The molecular formula is C21H16Cl2N2S2. The van der Waals surface area contributed by atoms with Gasteiger partial charge in [0.1, 0.15) is 9.99 Å². The molecule has 1 aliphatic heterocycles. The van der Waals surface area contributed by atoms with Gasteiger partial charge in [0.05, 0.1) is 12.3 Å². The van der Waals surface area contributed by atoms with Gasteiger partial charge in [-0.3, -0.25) is 4.99 Å². The molecule has 0 radical (unpaired) electrons. The lowest BCUT2D eigenvalue weighted by molar-refractivity contribution is 0.981. The van der Waals surface area contributed by atoms with Gasteiger partial charge < -0.3 is 5.32 Å². The van der Waals surface area contributed by atoms with E-state index in [0.29, 0.717) is 11.6 Å². The molecule has 2 nitrogen and oxygen atoms in total. The van der Waals surface area contributed by atoms with Gasteiger partial charge in [0.25, 0.3) is 0 Å². The maximum Gasteiger partial charge on any atom is 0.103 e. The summed E-state index contributed by atoms with van der Waals surface area (Å²) in [5.74, 6) is 0. The fourth-order valence-electron chi connectivity index (χ4n) is 3.04. The number of thiocarbonyl (C=S) groups is 1. The summed E-state index contributed by atoms with van der Waals surface area (Å²) in [5, 5.41) is 5.85. The smallest absolute Gasteiger partial charge is 0.103 e. The van der Waals surface area contributed by atoms with Gasteiger partial charge in [-0.2, -0.15) is 0 Å². The number of nitrogens with one attached hydrogen (secondary N) is 1. The van der Waals surface area contributed by atoms with Crippen LogP contribution in [0, 0.1) is 0 Å². The van der Waals surface area contributed by atoms with Crippen molar-refractivity contribution in [1.29, 1.82) is 0 Å². The largest absolute Gasteiger partial charge is 0.340 e. The Bertz CT molecular complexity index is 1020. The van der Waals surface area contributed by atoms with Crippen molar-refractivity contribution in [2.45, 2.75) is 12.8 Å². The Morgan fingerprint density at radius 3 is 2.56 bits per heavy atom. The Morgan fingerprint density at radius 2 is 1.78 bits per heavy atom. The number of anilines is 1. The number of thiophene rings is 1. The first-order chi connectivity index (χ1) is 13.1. The van der Waals surface area contributed by atoms with E-state index in [2.05, 4.69) is 23.5 Å². The van der Waals surface area contributed by atoms with E-state index in [-0.39, 0.29) is 0 Å². The minimum absolute atomic E-state index is 0.470. The number of aliphatic imine (C=N–C) groups is 1. The van der Waals surface area contributed by atoms with Crippen LogP contribution in [0.3, 0.4) is 0 Å². The van der Waals surface area contributed by atoms with Crippen molar-refractivity contribution < 1.29 is 0 Å². The van der Waals surface area contributed by atoms with Crippen LogP contribution in [0.4, 0.5) is 5.00 Å². The molecule has 136 valence electrons. The third-order valence-electron chi connectivity index (χ3n) is 4.37. The maximum absolute atomic E-state index is 6.43. The highest BCUT2D eigenvalue weighted by Gasteiger charge is 2.21. The zero-order chi connectivity index (χ0) is 18.8. The molecule has 0 amide bonds. The molecule has 0 atom stereocenters. The molecule has 0 aliphatic carbocycles. The molecule has 0 saturated carbocycles. The molecule has 1 aliphatic rings. The van der Waals surface area contributed by atoms with Crippen molar-refractivity contribution in [3.05, 3.63) is 86.2 Å². The molecular weight excluding hydrogens is 415 g/mol. The summed E-state index contributed by atoms with van der Waals surface area (Å²) in [6.45, 7) is 0.470. The monoisotopic (exact) mass is 430 g/mol. The van der Waals surface area contributed by atoms with Crippen LogP contribution in [0.2, 0.25) is 10.0 Å². The highest BCUT2D eigenvalue weighted by Crippen LogP contribution is 2.34. The van der Waals surface area contributed by atoms with E-state index >= 15 is 0 Å². The van der Waals surface area contributed by atoms with E-state index in [4.69, 9.17) is 40.4 Å². The van der Waals surface area contributed by atoms with Gasteiger partial charge in [0, 0.05) is 26.0 Å². The second kappa shape index (κ2) is 8.11. The third kappa shape index (κ3) is 4.25. The zero-order valence-corrected chi connectivity index (χ0v) is 17.5. The lowest BCUT2D eigenvalue weighted by Crippen LogP contribution is -2.09. The minimum Gasteiger partial charge on any atom is -0.340 e. The van der Waals surface area contributed by atoms with Crippen molar-refractivity contribution in [1.82, 2.24) is 0 Å². The lowest BCUT2D eigenvalue weighted by atomic mass is 10.0. The maximum atomic E-state index is 6.43. The van der Waals surface area contributed by atoms with Gasteiger partial charge in [-0.05, 0) is 42.7 Å². The first-order valence-corrected chi connectivity index (χ1v) is 10.5. The van der Waals surface area contributed by atoms with Gasteiger partial charge in [-0.25, -0.2) is 0 Å². The number of hydrogen-bond donors (Lipinski definition) is 1. The van der Waals surface area contributed by atoms with E-state index in [1.165, 1.54) is 10.4 Å². The first-order valence-electron chi connectivity index (χ1n) is 8.57. The Morgan fingerprint density at radius 1 is 1.00 bits per heavy atom. The summed E-state index contributed by atoms with van der Waals surface area (Å²) in [6.07, 6.45) is 1.91. The number of hydrogen-bond acceptors (Lipinski definition) is 3. The molecule has 4 rings (SSSR count). The van der Waals surface area contributed by atoms with Crippen LogP contribution in [0.1, 0.15) is 21.6 Å². The van der Waals surface area contributed by atoms with Crippen molar-refractivity contribution in [3.63, 3.8) is 0 Å². The van der Waals surface area contributed by atoms with Crippen LogP contribution in [0.15, 0.2) is 59.6 Å². The Labute approximate surface area is 177 Å². The molecule has 0 bridgehead atoms. The third-order valence-corrected chi connectivity index (χ3v) is 6.30. The minimum atomic E-state index is 0.470. The Balaban J connectivity index is 1.64. The molecule has 0 unspecified atom stereocenters. The Kier molecular flexibility index (Phi) is 5.60. The van der Waals surface area contributed by atoms with E-state index in [0.717, 1.165) is 44.7 Å². The highest BCUT2D eigenvalue weighted by atomic mass is 35.5. The predicted molar refractivity (Wildman–Crippen MR) is 121 cm³/mol. The van der Waals surface area contributed by atoms with Crippen LogP contribution in [-0.2, 0) is 12.8 Å². The topological polar surface area (TPSA) is 24.4 Å². The highest BCUT2D eigenvalue weighted by molar-refractivity contribution is 7.80. The molecule has 3 aromatic rings. The second-order valence-electron chi connectivity index (χ2n) is 6.27. The summed E-state index contributed by atoms with van der Waals surface area (Å²) in [7, 11) is 0. The summed E-state index contributed by atoms with van der Waals surface area (Å²) >= 11 is 19.5. The van der Waals surface area contributed by atoms with E-state index in [9.17, 15) is 0 Å². The molecule has 1 N–H and O–H groups in total. The summed E-state index contributed by atoms with van der Waals surface area (Å²) < 4.78 is 0. The average Bonchev–Trinajstić information content (AvgIpc) is 2.98. The van der Waals surface area contributed by atoms with Crippen molar-refractivity contribution in [3.8, 4) is 0 Å². The van der Waals surface area contributed by atoms with E-state index in [1.54, 1.807) is 11.3 Å². The van der Waals surface area contributed by atoms with Crippen LogP contribution in [-0.4, -0.2) is 17.2 Å². The lowest BCUT2D eigenvalue weighted by Gasteiger charge is -2.07. The van der Waals surface area contributed by atoms with E-state index < -0.39 is 0 Å². The summed E-state index contributed by atoms with van der Waals surface area (Å²) in [5.41, 5.74) is 4.18. The fourth-order valence-corrected chi connectivity index (χ4v) is 4.70. The van der Waals surface area contributed by atoms with Crippen LogP contribution in [0.25, 0.3) is 0 Å². The molecule has 0 spiro atoms.